The first-order chi connectivity index (χ1) is 23.7. The molecule has 0 aliphatic rings. The van der Waals surface area contributed by atoms with Crippen molar-refractivity contribution in [3.63, 3.8) is 0 Å². The van der Waals surface area contributed by atoms with E-state index < -0.39 is 0 Å². The number of rotatable bonds is 21. The number of hydrogen-bond acceptors (Lipinski definition) is 10. The maximum Gasteiger partial charge on any atom is 2.00 e. The Labute approximate surface area is 328 Å². The molecule has 0 aliphatic heterocycles. The topological polar surface area (TPSA) is 112 Å². The second-order valence-corrected chi connectivity index (χ2v) is 11.4. The van der Waals surface area contributed by atoms with E-state index in [-0.39, 0.29) is 46.4 Å². The van der Waals surface area contributed by atoms with Gasteiger partial charge in [0, 0.05) is 70.6 Å². The first-order valence-corrected chi connectivity index (χ1v) is 16.4. The molecule has 4 aromatic heterocycles. The van der Waals surface area contributed by atoms with Gasteiger partial charge in [-0.05, 0) is 71.8 Å². The Balaban J connectivity index is 0.00000300. The largest absolute Gasteiger partial charge is 2.00 e. The van der Waals surface area contributed by atoms with E-state index >= 15 is 0 Å². The van der Waals surface area contributed by atoms with Crippen LogP contribution in [0.15, 0.2) is 116 Å². The first-order valence-electron chi connectivity index (χ1n) is 16.4. The van der Waals surface area contributed by atoms with Gasteiger partial charge in [0.1, 0.15) is 12.4 Å². The van der Waals surface area contributed by atoms with Crippen molar-refractivity contribution in [2.24, 2.45) is 5.73 Å². The average Bonchev–Trinajstić information content (AvgIpc) is 3.11. The molecule has 1 aromatic carbocycles. The second kappa shape index (κ2) is 25.6. The monoisotopic (exact) mass is 791 g/mol. The molecule has 0 saturated heterocycles. The van der Waals surface area contributed by atoms with Gasteiger partial charge in [-0.2, -0.15) is 0 Å². The van der Waals surface area contributed by atoms with Crippen molar-refractivity contribution in [2.45, 2.75) is 46.7 Å². The van der Waals surface area contributed by atoms with Gasteiger partial charge in [-0.1, -0.05) is 37.8 Å². The SMILES string of the molecule is C.NCCOCCOCCOc1cc(CN(Cc2ccccn2)Cc2ccccn2)cc(CN(Cc2ccccn2)Cc2ccccn2)c1.[Zn+2].[Zn+2]. The Bertz CT molecular complexity index is 1400. The third-order valence-corrected chi connectivity index (χ3v) is 7.42. The Kier molecular flexibility index (Phi) is 22.0. The number of hydrogen-bond donors (Lipinski definition) is 1. The summed E-state index contributed by atoms with van der Waals surface area (Å²) in [7, 11) is 0. The van der Waals surface area contributed by atoms with E-state index in [2.05, 4.69) is 72.2 Å². The van der Waals surface area contributed by atoms with E-state index in [0.29, 0.717) is 78.8 Å². The second-order valence-electron chi connectivity index (χ2n) is 11.4. The number of ether oxygens (including phenoxy) is 3. The molecule has 5 rings (SSSR count). The van der Waals surface area contributed by atoms with Crippen LogP contribution in [0.4, 0.5) is 0 Å². The third kappa shape index (κ3) is 16.7. The van der Waals surface area contributed by atoms with E-state index in [1.54, 1.807) is 0 Å². The summed E-state index contributed by atoms with van der Waals surface area (Å²) >= 11 is 0. The summed E-state index contributed by atoms with van der Waals surface area (Å²) in [6.07, 6.45) is 7.35. The molecule has 0 bridgehead atoms. The van der Waals surface area contributed by atoms with Crippen LogP contribution in [0, 0.1) is 0 Å². The summed E-state index contributed by atoms with van der Waals surface area (Å²) in [6.45, 7) is 7.05. The molecule has 51 heavy (non-hydrogen) atoms. The summed E-state index contributed by atoms with van der Waals surface area (Å²) in [4.78, 5) is 23.1. The number of pyridine rings is 4. The number of aromatic nitrogens is 4. The van der Waals surface area contributed by atoms with Gasteiger partial charge in [-0.15, -0.1) is 0 Å². The van der Waals surface area contributed by atoms with Crippen LogP contribution in [0.1, 0.15) is 41.3 Å². The fourth-order valence-electron chi connectivity index (χ4n) is 5.35. The Morgan fingerprint density at radius 3 is 1.20 bits per heavy atom. The third-order valence-electron chi connectivity index (χ3n) is 7.42. The molecule has 5 aromatic rings. The van der Waals surface area contributed by atoms with Gasteiger partial charge in [0.2, 0.25) is 0 Å². The molecule has 258 valence electrons. The predicted molar refractivity (Wildman–Crippen MR) is 192 cm³/mol. The maximum absolute atomic E-state index is 6.28. The minimum Gasteiger partial charge on any atom is -0.491 e. The van der Waals surface area contributed by atoms with Gasteiger partial charge in [-0.25, -0.2) is 0 Å². The molecule has 0 atom stereocenters. The molecule has 4 heterocycles. The van der Waals surface area contributed by atoms with Crippen LogP contribution in [0.25, 0.3) is 0 Å². The molecular formula is C39H49N7O3Zn2+4. The molecule has 0 fully saturated rings. The summed E-state index contributed by atoms with van der Waals surface area (Å²) in [5.41, 5.74) is 11.8. The van der Waals surface area contributed by atoms with Gasteiger partial charge in [-0.3, -0.25) is 29.7 Å². The average molecular weight is 795 g/mol. The van der Waals surface area contributed by atoms with E-state index in [9.17, 15) is 0 Å². The van der Waals surface area contributed by atoms with Gasteiger partial charge < -0.3 is 19.9 Å². The van der Waals surface area contributed by atoms with Gasteiger partial charge in [0.25, 0.3) is 0 Å². The van der Waals surface area contributed by atoms with E-state index in [0.717, 1.165) is 39.7 Å². The molecular weight excluding hydrogens is 745 g/mol. The van der Waals surface area contributed by atoms with Crippen LogP contribution in [0.2, 0.25) is 0 Å². The Hall–Kier alpha value is -3.33. The molecule has 0 amide bonds. The fraction of sp³-hybridized carbons (Fsp3) is 0.333. The molecule has 0 radical (unpaired) electrons. The van der Waals surface area contributed by atoms with Crippen molar-refractivity contribution in [3.05, 3.63) is 150 Å². The molecule has 0 aliphatic carbocycles. The molecule has 0 saturated carbocycles. The molecule has 2 N–H and O–H groups in total. The minimum absolute atomic E-state index is 0. The van der Waals surface area contributed by atoms with Gasteiger partial charge in [0.05, 0.1) is 49.2 Å². The Morgan fingerprint density at radius 1 is 0.471 bits per heavy atom. The van der Waals surface area contributed by atoms with Crippen LogP contribution in [-0.2, 0) is 87.7 Å². The number of nitrogens with two attached hydrogens (primary N) is 1. The molecule has 12 heteroatoms. The minimum atomic E-state index is 0. The number of nitrogens with zero attached hydrogens (tertiary/aromatic N) is 6. The molecule has 0 unspecified atom stereocenters. The van der Waals surface area contributed by atoms with Crippen molar-refractivity contribution >= 4 is 0 Å². The molecule has 10 nitrogen and oxygen atoms in total. The Morgan fingerprint density at radius 2 is 0.843 bits per heavy atom. The normalized spacial score (nSPS) is 10.6. The zero-order chi connectivity index (χ0) is 33.1. The van der Waals surface area contributed by atoms with Crippen molar-refractivity contribution in [2.75, 3.05) is 39.6 Å². The summed E-state index contributed by atoms with van der Waals surface area (Å²) in [6, 6.07) is 30.6. The zero-order valence-corrected chi connectivity index (χ0v) is 34.8. The van der Waals surface area contributed by atoms with Gasteiger partial charge >= 0.3 is 39.0 Å². The van der Waals surface area contributed by atoms with Crippen LogP contribution < -0.4 is 10.5 Å². The van der Waals surface area contributed by atoms with Crippen molar-refractivity contribution < 1.29 is 53.2 Å². The fourth-order valence-corrected chi connectivity index (χ4v) is 5.35. The summed E-state index contributed by atoms with van der Waals surface area (Å²) < 4.78 is 17.4. The van der Waals surface area contributed by atoms with Crippen LogP contribution in [0.3, 0.4) is 0 Å². The van der Waals surface area contributed by atoms with E-state index in [1.165, 1.54) is 0 Å². The van der Waals surface area contributed by atoms with Crippen molar-refractivity contribution in [1.82, 2.24) is 29.7 Å². The van der Waals surface area contributed by atoms with Crippen LogP contribution >= 0.6 is 0 Å². The van der Waals surface area contributed by atoms with Crippen molar-refractivity contribution in [3.8, 4) is 5.75 Å². The predicted octanol–water partition coefficient (Wildman–Crippen LogP) is 5.67. The zero-order valence-electron chi connectivity index (χ0n) is 28.9. The first kappa shape index (κ1) is 43.8. The quantitative estimate of drug-likeness (QED) is 0.0737. The number of benzene rings is 1. The van der Waals surface area contributed by atoms with Gasteiger partial charge in [0.15, 0.2) is 0 Å². The molecule has 0 spiro atoms. The smallest absolute Gasteiger partial charge is 0.491 e. The van der Waals surface area contributed by atoms with Crippen LogP contribution in [-0.4, -0.2) is 69.3 Å². The van der Waals surface area contributed by atoms with E-state index in [1.807, 2.05) is 73.3 Å². The van der Waals surface area contributed by atoms with Crippen molar-refractivity contribution in [1.29, 1.82) is 0 Å². The van der Waals surface area contributed by atoms with E-state index in [4.69, 9.17) is 19.9 Å². The summed E-state index contributed by atoms with van der Waals surface area (Å²) in [5.74, 6) is 0.803. The standard InChI is InChI=1S/C38H45N7O3.CH4.2Zn/c39-13-18-46-19-20-47-21-22-48-38-24-32(26-44(28-34-9-1-5-14-40-34)29-35-10-2-6-15-41-35)23-33(25-38)27-45(30-36-11-3-7-16-42-36)31-37-12-4-8-17-43-37;;;/h1-12,14-17,23-25H,13,18-22,26-31,39H2;1H4;;/q;;2*+2. The van der Waals surface area contributed by atoms with Crippen LogP contribution in [0.5, 0.6) is 5.75 Å². The maximum atomic E-state index is 6.28. The summed E-state index contributed by atoms with van der Waals surface area (Å²) in [5, 5.41) is 0.